The Labute approximate surface area is 154 Å². The normalized spacial score (nSPS) is 10.7. The molecule has 2 heterocycles. The van der Waals surface area contributed by atoms with Crippen LogP contribution in [0.4, 0.5) is 10.8 Å². The van der Waals surface area contributed by atoms with Gasteiger partial charge in [0.1, 0.15) is 0 Å². The number of hydrogen-bond acceptors (Lipinski definition) is 6. The third-order valence-electron chi connectivity index (χ3n) is 3.82. The fourth-order valence-electron chi connectivity index (χ4n) is 2.53. The van der Waals surface area contributed by atoms with Crippen LogP contribution in [0, 0.1) is 6.92 Å². The van der Waals surface area contributed by atoms with Gasteiger partial charge in [-0.05, 0) is 31.2 Å². The second-order valence-electron chi connectivity index (χ2n) is 5.66. The summed E-state index contributed by atoms with van der Waals surface area (Å²) >= 11 is 1.27. The van der Waals surface area contributed by atoms with Gasteiger partial charge >= 0.3 is 0 Å². The molecule has 4 rings (SSSR count). The molecule has 128 valence electrons. The van der Waals surface area contributed by atoms with E-state index >= 15 is 0 Å². The van der Waals surface area contributed by atoms with E-state index in [0.717, 1.165) is 11.3 Å². The molecule has 0 aliphatic rings. The number of hydrogen-bond donors (Lipinski definition) is 1. The Kier molecular flexibility index (Phi) is 4.28. The van der Waals surface area contributed by atoms with Crippen LogP contribution in [0.2, 0.25) is 0 Å². The fourth-order valence-corrected chi connectivity index (χ4v) is 3.13. The number of carbonyl (C=O) groups is 1. The predicted molar refractivity (Wildman–Crippen MR) is 102 cm³/mol. The van der Waals surface area contributed by atoms with E-state index in [4.69, 9.17) is 0 Å². The van der Waals surface area contributed by atoms with E-state index in [1.165, 1.54) is 16.2 Å². The maximum atomic E-state index is 12.5. The zero-order valence-corrected chi connectivity index (χ0v) is 14.8. The van der Waals surface area contributed by atoms with Crippen LogP contribution >= 0.6 is 11.5 Å². The topological polar surface area (TPSA) is 72.7 Å². The van der Waals surface area contributed by atoms with Crippen LogP contribution in [0.1, 0.15) is 16.1 Å². The van der Waals surface area contributed by atoms with Crippen molar-refractivity contribution in [3.8, 4) is 11.4 Å². The average molecular weight is 361 g/mol. The molecule has 0 unspecified atom stereocenters. The van der Waals surface area contributed by atoms with Crippen LogP contribution in [0.3, 0.4) is 0 Å². The van der Waals surface area contributed by atoms with Crippen molar-refractivity contribution in [2.75, 3.05) is 5.32 Å². The van der Waals surface area contributed by atoms with Gasteiger partial charge in [0.15, 0.2) is 5.82 Å². The van der Waals surface area contributed by atoms with Crippen molar-refractivity contribution in [3.05, 3.63) is 78.1 Å². The van der Waals surface area contributed by atoms with Crippen molar-refractivity contribution in [1.82, 2.24) is 19.1 Å². The highest BCUT2D eigenvalue weighted by Crippen LogP contribution is 2.25. The van der Waals surface area contributed by atoms with E-state index in [0.29, 0.717) is 22.2 Å². The Hall–Kier alpha value is -3.32. The van der Waals surface area contributed by atoms with Gasteiger partial charge in [0.05, 0.1) is 11.3 Å². The van der Waals surface area contributed by atoms with Gasteiger partial charge in [-0.3, -0.25) is 4.79 Å². The number of rotatable bonds is 4. The molecule has 6 nitrogen and oxygen atoms in total. The number of anilines is 2. The van der Waals surface area contributed by atoms with E-state index in [9.17, 15) is 4.79 Å². The van der Waals surface area contributed by atoms with E-state index in [1.807, 2.05) is 55.5 Å². The molecule has 0 radical (unpaired) electrons. The van der Waals surface area contributed by atoms with Gasteiger partial charge in [0.25, 0.3) is 5.91 Å². The van der Waals surface area contributed by atoms with Crippen molar-refractivity contribution in [3.63, 3.8) is 0 Å². The number of nitrogens with one attached hydrogen (secondary N) is 1. The molecule has 26 heavy (non-hydrogen) atoms. The Balaban J connectivity index is 1.59. The molecule has 2 aromatic carbocycles. The standard InChI is InChI=1S/C19H15N5OS/c1-13-16(12-24(22-13)18(25)14-8-4-2-5-9-14)17-21-19(26-23-17)20-15-10-6-3-7-11-15/h2-12H,1H3,(H,20,21,23). The smallest absolute Gasteiger partial charge is 0.278 e. The van der Waals surface area contributed by atoms with Crippen LogP contribution in [0.15, 0.2) is 66.9 Å². The van der Waals surface area contributed by atoms with Gasteiger partial charge in [-0.25, -0.2) is 4.68 Å². The minimum absolute atomic E-state index is 0.183. The Morgan fingerprint density at radius 2 is 1.73 bits per heavy atom. The van der Waals surface area contributed by atoms with Gasteiger partial charge < -0.3 is 5.32 Å². The van der Waals surface area contributed by atoms with E-state index in [-0.39, 0.29) is 5.91 Å². The van der Waals surface area contributed by atoms with Crippen molar-refractivity contribution in [1.29, 1.82) is 0 Å². The molecule has 0 spiro atoms. The predicted octanol–water partition coefficient (Wildman–Crippen LogP) is 4.14. The first kappa shape index (κ1) is 16.2. The number of benzene rings is 2. The average Bonchev–Trinajstić information content (AvgIpc) is 3.29. The molecule has 1 N–H and O–H groups in total. The SMILES string of the molecule is Cc1nn(C(=O)c2ccccc2)cc1-c1nsc(Nc2ccccc2)n1. The zero-order valence-electron chi connectivity index (χ0n) is 14.0. The molecule has 0 atom stereocenters. The largest absolute Gasteiger partial charge is 0.330 e. The second-order valence-corrected chi connectivity index (χ2v) is 6.41. The molecule has 2 aromatic heterocycles. The van der Waals surface area contributed by atoms with Crippen LogP contribution in [0.5, 0.6) is 0 Å². The first-order chi connectivity index (χ1) is 12.7. The van der Waals surface area contributed by atoms with Crippen molar-refractivity contribution in [2.24, 2.45) is 0 Å². The third kappa shape index (κ3) is 3.25. The quantitative estimate of drug-likeness (QED) is 0.591. The summed E-state index contributed by atoms with van der Waals surface area (Å²) in [5.41, 5.74) is 2.98. The van der Waals surface area contributed by atoms with Gasteiger partial charge in [-0.2, -0.15) is 14.5 Å². The molecule has 0 bridgehead atoms. The molecular weight excluding hydrogens is 346 g/mol. The van der Waals surface area contributed by atoms with Crippen molar-refractivity contribution < 1.29 is 4.79 Å². The molecule has 0 saturated heterocycles. The number of para-hydroxylation sites is 1. The number of carbonyl (C=O) groups excluding carboxylic acids is 1. The molecule has 0 saturated carbocycles. The summed E-state index contributed by atoms with van der Waals surface area (Å²) in [6.45, 7) is 1.84. The van der Waals surface area contributed by atoms with Crippen LogP contribution < -0.4 is 5.32 Å². The monoisotopic (exact) mass is 361 g/mol. The summed E-state index contributed by atoms with van der Waals surface area (Å²) in [6, 6.07) is 18.8. The molecule has 0 aliphatic heterocycles. The van der Waals surface area contributed by atoms with Crippen molar-refractivity contribution >= 4 is 28.3 Å². The Morgan fingerprint density at radius 3 is 2.46 bits per heavy atom. The minimum atomic E-state index is -0.183. The first-order valence-electron chi connectivity index (χ1n) is 8.03. The third-order valence-corrected chi connectivity index (χ3v) is 4.45. The molecular formula is C19H15N5OS. The zero-order chi connectivity index (χ0) is 17.9. The molecule has 0 fully saturated rings. The Morgan fingerprint density at radius 1 is 1.04 bits per heavy atom. The summed E-state index contributed by atoms with van der Waals surface area (Å²) in [7, 11) is 0. The lowest BCUT2D eigenvalue weighted by Crippen LogP contribution is -2.12. The summed E-state index contributed by atoms with van der Waals surface area (Å²) in [5, 5.41) is 8.24. The van der Waals surface area contributed by atoms with Gasteiger partial charge in [0.2, 0.25) is 5.13 Å². The van der Waals surface area contributed by atoms with E-state index in [1.54, 1.807) is 18.3 Å². The maximum absolute atomic E-state index is 12.5. The minimum Gasteiger partial charge on any atom is -0.330 e. The van der Waals surface area contributed by atoms with Gasteiger partial charge in [-0.15, -0.1) is 0 Å². The summed E-state index contributed by atoms with van der Waals surface area (Å²) in [6.07, 6.45) is 1.68. The number of aryl methyl sites for hydroxylation is 1. The lowest BCUT2D eigenvalue weighted by Gasteiger charge is -1.99. The highest BCUT2D eigenvalue weighted by atomic mass is 32.1. The summed E-state index contributed by atoms with van der Waals surface area (Å²) in [5.74, 6) is 0.371. The lowest BCUT2D eigenvalue weighted by molar-refractivity contribution is 0.0944. The molecule has 0 aliphatic carbocycles. The summed E-state index contributed by atoms with van der Waals surface area (Å²) in [4.78, 5) is 17.1. The molecule has 7 heteroatoms. The number of nitrogens with zero attached hydrogens (tertiary/aromatic N) is 4. The highest BCUT2D eigenvalue weighted by Gasteiger charge is 2.17. The van der Waals surface area contributed by atoms with E-state index < -0.39 is 0 Å². The molecule has 4 aromatic rings. The maximum Gasteiger partial charge on any atom is 0.278 e. The molecule has 0 amide bonds. The van der Waals surface area contributed by atoms with Gasteiger partial charge in [0, 0.05) is 29.0 Å². The van der Waals surface area contributed by atoms with Gasteiger partial charge in [-0.1, -0.05) is 36.4 Å². The fraction of sp³-hybridized carbons (Fsp3) is 0.0526. The summed E-state index contributed by atoms with van der Waals surface area (Å²) < 4.78 is 5.73. The lowest BCUT2D eigenvalue weighted by atomic mass is 10.2. The first-order valence-corrected chi connectivity index (χ1v) is 8.80. The van der Waals surface area contributed by atoms with Crippen LogP contribution in [-0.2, 0) is 0 Å². The Bertz CT molecular complexity index is 1040. The van der Waals surface area contributed by atoms with Crippen LogP contribution in [-0.4, -0.2) is 25.0 Å². The number of aromatic nitrogens is 4. The van der Waals surface area contributed by atoms with Crippen LogP contribution in [0.25, 0.3) is 11.4 Å². The van der Waals surface area contributed by atoms with E-state index in [2.05, 4.69) is 19.8 Å². The van der Waals surface area contributed by atoms with Crippen molar-refractivity contribution in [2.45, 2.75) is 6.92 Å². The second kappa shape index (κ2) is 6.89. The highest BCUT2D eigenvalue weighted by molar-refractivity contribution is 7.09.